The van der Waals surface area contributed by atoms with Gasteiger partial charge < -0.3 is 10.7 Å². The maximum absolute atomic E-state index is 11.9. The van der Waals surface area contributed by atoms with Gasteiger partial charge in [0.1, 0.15) is 0 Å². The highest BCUT2D eigenvalue weighted by molar-refractivity contribution is 7.98. The average Bonchev–Trinajstić information content (AvgIpc) is 2.93. The average molecular weight is 445 g/mol. The van der Waals surface area contributed by atoms with Crippen LogP contribution in [0.5, 0.6) is 0 Å². The first-order valence-corrected chi connectivity index (χ1v) is 10.8. The van der Waals surface area contributed by atoms with Gasteiger partial charge in [-0.05, 0) is 73.9 Å². The maximum Gasteiger partial charge on any atom is 0.150 e. The number of carbonyl (C=O) groups is 1. The highest BCUT2D eigenvalue weighted by Crippen LogP contribution is 2.34. The van der Waals surface area contributed by atoms with Crippen LogP contribution in [0.3, 0.4) is 0 Å². The summed E-state index contributed by atoms with van der Waals surface area (Å²) in [7, 11) is 0. The lowest BCUT2D eigenvalue weighted by Crippen LogP contribution is -1.96. The van der Waals surface area contributed by atoms with Crippen molar-refractivity contribution < 1.29 is 4.79 Å². The SMILES string of the molecule is Cc1[nH]c(/C=C(\C=O)c2cc(SCc3c(Cl)cccc3Cl)ccc2N)c(C)c1C. The molecule has 3 N–H and O–H groups in total. The van der Waals surface area contributed by atoms with E-state index in [2.05, 4.69) is 11.9 Å². The Bertz CT molecular complexity index is 1080. The molecule has 29 heavy (non-hydrogen) atoms. The van der Waals surface area contributed by atoms with Gasteiger partial charge in [0.15, 0.2) is 6.29 Å². The van der Waals surface area contributed by atoms with E-state index in [0.29, 0.717) is 32.6 Å². The molecule has 0 aliphatic heterocycles. The van der Waals surface area contributed by atoms with E-state index in [9.17, 15) is 4.79 Å². The minimum absolute atomic E-state index is 0.532. The molecule has 3 rings (SSSR count). The van der Waals surface area contributed by atoms with Crippen LogP contribution in [0.1, 0.15) is 33.6 Å². The number of allylic oxidation sites excluding steroid dienone is 1. The van der Waals surface area contributed by atoms with E-state index in [1.165, 1.54) is 5.56 Å². The number of aromatic nitrogens is 1. The number of H-pyrrole nitrogens is 1. The van der Waals surface area contributed by atoms with Crippen molar-refractivity contribution in [3.63, 3.8) is 0 Å². The molecule has 2 aromatic carbocycles. The maximum atomic E-state index is 11.9. The van der Waals surface area contributed by atoms with Crippen LogP contribution in [0, 0.1) is 20.8 Å². The van der Waals surface area contributed by atoms with Gasteiger partial charge in [0.25, 0.3) is 0 Å². The first-order valence-electron chi connectivity index (χ1n) is 9.10. The fourth-order valence-corrected chi connectivity index (χ4v) is 4.73. The van der Waals surface area contributed by atoms with E-state index in [1.54, 1.807) is 11.8 Å². The van der Waals surface area contributed by atoms with Crippen molar-refractivity contribution >= 4 is 58.6 Å². The summed E-state index contributed by atoms with van der Waals surface area (Å²) in [5.41, 5.74) is 13.2. The number of anilines is 1. The van der Waals surface area contributed by atoms with E-state index in [0.717, 1.165) is 33.7 Å². The molecule has 1 heterocycles. The Morgan fingerprint density at radius 1 is 1.10 bits per heavy atom. The Morgan fingerprint density at radius 3 is 2.38 bits per heavy atom. The smallest absolute Gasteiger partial charge is 0.150 e. The highest BCUT2D eigenvalue weighted by Gasteiger charge is 2.12. The Hall–Kier alpha value is -2.14. The van der Waals surface area contributed by atoms with Crippen LogP contribution in [0.25, 0.3) is 11.6 Å². The molecule has 0 saturated carbocycles. The monoisotopic (exact) mass is 444 g/mol. The van der Waals surface area contributed by atoms with Gasteiger partial charge in [-0.2, -0.15) is 0 Å². The zero-order chi connectivity index (χ0) is 21.1. The summed E-state index contributed by atoms with van der Waals surface area (Å²) in [6.07, 6.45) is 2.70. The minimum Gasteiger partial charge on any atom is -0.398 e. The molecule has 0 saturated heterocycles. The number of benzene rings is 2. The summed E-state index contributed by atoms with van der Waals surface area (Å²) < 4.78 is 0. The molecule has 6 heteroatoms. The molecule has 0 aliphatic carbocycles. The van der Waals surface area contributed by atoms with Crippen molar-refractivity contribution in [3.05, 3.63) is 80.1 Å². The summed E-state index contributed by atoms with van der Waals surface area (Å²) in [5, 5.41) is 1.28. The summed E-state index contributed by atoms with van der Waals surface area (Å²) in [5.74, 6) is 0.621. The molecule has 0 amide bonds. The van der Waals surface area contributed by atoms with Crippen LogP contribution in [0.15, 0.2) is 41.3 Å². The fourth-order valence-electron chi connectivity index (χ4n) is 3.05. The van der Waals surface area contributed by atoms with Crippen LogP contribution in [0.2, 0.25) is 10.0 Å². The Balaban J connectivity index is 1.92. The lowest BCUT2D eigenvalue weighted by atomic mass is 10.0. The predicted octanol–water partition coefficient (Wildman–Crippen LogP) is 6.86. The van der Waals surface area contributed by atoms with Crippen molar-refractivity contribution in [1.82, 2.24) is 4.98 Å². The van der Waals surface area contributed by atoms with Gasteiger partial charge in [-0.1, -0.05) is 29.3 Å². The minimum atomic E-state index is 0.532. The van der Waals surface area contributed by atoms with Gasteiger partial charge in [0.05, 0.1) is 0 Å². The van der Waals surface area contributed by atoms with Crippen LogP contribution < -0.4 is 5.73 Å². The van der Waals surface area contributed by atoms with E-state index in [-0.39, 0.29) is 0 Å². The third-order valence-electron chi connectivity index (χ3n) is 5.06. The van der Waals surface area contributed by atoms with E-state index < -0.39 is 0 Å². The number of aromatic amines is 1. The molecular formula is C23H22Cl2N2OS. The van der Waals surface area contributed by atoms with Crippen molar-refractivity contribution in [2.45, 2.75) is 31.4 Å². The third kappa shape index (κ3) is 4.72. The molecule has 3 aromatic rings. The number of carbonyl (C=O) groups excluding carboxylic acids is 1. The zero-order valence-corrected chi connectivity index (χ0v) is 18.8. The second-order valence-electron chi connectivity index (χ2n) is 6.87. The number of hydrogen-bond donors (Lipinski definition) is 2. The quantitative estimate of drug-likeness (QED) is 0.189. The van der Waals surface area contributed by atoms with E-state index in [4.69, 9.17) is 28.9 Å². The van der Waals surface area contributed by atoms with Crippen LogP contribution >= 0.6 is 35.0 Å². The molecule has 0 fully saturated rings. The number of nitrogens with two attached hydrogens (primary N) is 1. The second-order valence-corrected chi connectivity index (χ2v) is 8.73. The normalized spacial score (nSPS) is 11.7. The predicted molar refractivity (Wildman–Crippen MR) is 126 cm³/mol. The molecular weight excluding hydrogens is 423 g/mol. The van der Waals surface area contributed by atoms with Crippen molar-refractivity contribution in [2.24, 2.45) is 0 Å². The molecule has 0 radical (unpaired) electrons. The molecule has 0 bridgehead atoms. The summed E-state index contributed by atoms with van der Waals surface area (Å²) in [4.78, 5) is 16.2. The van der Waals surface area contributed by atoms with Gasteiger partial charge in [-0.25, -0.2) is 0 Å². The molecule has 0 unspecified atom stereocenters. The van der Waals surface area contributed by atoms with Gasteiger partial charge in [0.2, 0.25) is 0 Å². The fraction of sp³-hybridized carbons (Fsp3) is 0.174. The van der Waals surface area contributed by atoms with Crippen LogP contribution in [0.4, 0.5) is 5.69 Å². The zero-order valence-electron chi connectivity index (χ0n) is 16.5. The molecule has 3 nitrogen and oxygen atoms in total. The third-order valence-corrected chi connectivity index (χ3v) is 6.79. The number of rotatable bonds is 6. The lowest BCUT2D eigenvalue weighted by molar-refractivity contribution is -0.103. The summed E-state index contributed by atoms with van der Waals surface area (Å²) >= 11 is 14.1. The van der Waals surface area contributed by atoms with E-state index >= 15 is 0 Å². The first kappa shape index (κ1) is 21.6. The standard InChI is InChI=1S/C23H22Cl2N2OS/c1-13-14(2)23(27-15(13)3)9-16(11-28)18-10-17(7-8-22(18)26)29-12-19-20(24)5-4-6-21(19)25/h4-11,27H,12,26H2,1-3H3/b16-9+. The summed E-state index contributed by atoms with van der Waals surface area (Å²) in [6.45, 7) is 6.12. The number of aryl methyl sites for hydroxylation is 1. The van der Waals surface area contributed by atoms with Crippen LogP contribution in [-0.2, 0) is 10.5 Å². The number of hydrogen-bond acceptors (Lipinski definition) is 3. The Labute approximate surface area is 185 Å². The molecule has 0 spiro atoms. The highest BCUT2D eigenvalue weighted by atomic mass is 35.5. The number of nitrogens with one attached hydrogen (secondary N) is 1. The van der Waals surface area contributed by atoms with E-state index in [1.807, 2.05) is 56.3 Å². The first-order chi connectivity index (χ1) is 13.8. The molecule has 0 atom stereocenters. The lowest BCUT2D eigenvalue weighted by Gasteiger charge is -2.10. The Morgan fingerprint density at radius 2 is 1.79 bits per heavy atom. The molecule has 0 aliphatic rings. The number of halogens is 2. The number of aldehydes is 1. The summed E-state index contributed by atoms with van der Waals surface area (Å²) in [6, 6.07) is 11.2. The topological polar surface area (TPSA) is 58.9 Å². The molecule has 1 aromatic heterocycles. The van der Waals surface area contributed by atoms with Gasteiger partial charge in [-0.3, -0.25) is 4.79 Å². The van der Waals surface area contributed by atoms with Crippen molar-refractivity contribution in [2.75, 3.05) is 5.73 Å². The van der Waals surface area contributed by atoms with Crippen molar-refractivity contribution in [1.29, 1.82) is 0 Å². The van der Waals surface area contributed by atoms with Crippen LogP contribution in [-0.4, -0.2) is 11.3 Å². The number of thioether (sulfide) groups is 1. The van der Waals surface area contributed by atoms with Gasteiger partial charge in [-0.15, -0.1) is 11.8 Å². The largest absolute Gasteiger partial charge is 0.398 e. The number of nitrogen functional groups attached to an aromatic ring is 1. The van der Waals surface area contributed by atoms with Gasteiger partial charge in [0, 0.05) is 48.9 Å². The van der Waals surface area contributed by atoms with Gasteiger partial charge >= 0.3 is 0 Å². The second kappa shape index (κ2) is 9.12. The molecule has 150 valence electrons. The van der Waals surface area contributed by atoms with Crippen molar-refractivity contribution in [3.8, 4) is 0 Å². The Kier molecular flexibility index (Phi) is 6.78.